The van der Waals surface area contributed by atoms with E-state index in [-0.39, 0.29) is 0 Å². The fraction of sp³-hybridized carbons (Fsp3) is 0.0667. The Balaban J connectivity index is 1.67. The van der Waals surface area contributed by atoms with Crippen molar-refractivity contribution in [1.82, 2.24) is 15.0 Å². The molecule has 0 spiro atoms. The Morgan fingerprint density at radius 1 is 1.00 bits per heavy atom. The zero-order valence-corrected chi connectivity index (χ0v) is 11.4. The maximum absolute atomic E-state index is 5.82. The van der Waals surface area contributed by atoms with Gasteiger partial charge in [-0.15, -0.1) is 5.10 Å². The number of nitrogens with zero attached hydrogens (tertiary/aromatic N) is 3. The van der Waals surface area contributed by atoms with Crippen molar-refractivity contribution >= 4 is 11.6 Å². The average Bonchev–Trinajstić information content (AvgIpc) is 2.97. The van der Waals surface area contributed by atoms with Gasteiger partial charge in [0.25, 0.3) is 0 Å². The van der Waals surface area contributed by atoms with Crippen molar-refractivity contribution < 1.29 is 4.74 Å². The van der Waals surface area contributed by atoms with Crippen LogP contribution < -0.4 is 4.74 Å². The molecular formula is C15H12ClN3O. The number of hydrogen-bond donors (Lipinski definition) is 0. The molecule has 1 aromatic heterocycles. The number of rotatable bonds is 4. The third-order valence-electron chi connectivity index (χ3n) is 2.79. The van der Waals surface area contributed by atoms with Gasteiger partial charge in [-0.25, -0.2) is 4.68 Å². The molecule has 0 aliphatic heterocycles. The summed E-state index contributed by atoms with van der Waals surface area (Å²) in [6.07, 6.45) is 1.85. The molecule has 0 atom stereocenters. The fourth-order valence-corrected chi connectivity index (χ4v) is 1.90. The minimum absolute atomic E-state index is 0.307. The Morgan fingerprint density at radius 3 is 2.50 bits per heavy atom. The lowest BCUT2D eigenvalue weighted by atomic mass is 10.2. The van der Waals surface area contributed by atoms with E-state index in [9.17, 15) is 0 Å². The van der Waals surface area contributed by atoms with Crippen LogP contribution in [0.1, 0.15) is 0 Å². The summed E-state index contributed by atoms with van der Waals surface area (Å²) in [6, 6.07) is 17.1. The van der Waals surface area contributed by atoms with Gasteiger partial charge in [0.2, 0.25) is 0 Å². The first kappa shape index (κ1) is 12.7. The zero-order valence-electron chi connectivity index (χ0n) is 10.6. The maximum Gasteiger partial charge on any atom is 0.182 e. The zero-order chi connectivity index (χ0) is 13.8. The van der Waals surface area contributed by atoms with E-state index in [0.29, 0.717) is 11.8 Å². The molecule has 0 aliphatic carbocycles. The van der Waals surface area contributed by atoms with Crippen LogP contribution in [0, 0.1) is 0 Å². The van der Waals surface area contributed by atoms with Gasteiger partial charge in [0.15, 0.2) is 6.73 Å². The summed E-state index contributed by atoms with van der Waals surface area (Å²) in [5, 5.41) is 8.85. The van der Waals surface area contributed by atoms with Crippen molar-refractivity contribution in [3.8, 4) is 17.0 Å². The predicted molar refractivity (Wildman–Crippen MR) is 77.5 cm³/mol. The van der Waals surface area contributed by atoms with Crippen molar-refractivity contribution in [2.24, 2.45) is 0 Å². The van der Waals surface area contributed by atoms with Gasteiger partial charge in [-0.3, -0.25) is 0 Å². The number of aromatic nitrogens is 3. The molecule has 0 bridgehead atoms. The summed E-state index contributed by atoms with van der Waals surface area (Å²) in [5.74, 6) is 0.742. The van der Waals surface area contributed by atoms with Gasteiger partial charge in [0, 0.05) is 10.6 Å². The van der Waals surface area contributed by atoms with Crippen LogP contribution in [0.15, 0.2) is 60.8 Å². The van der Waals surface area contributed by atoms with Crippen LogP contribution in [0.2, 0.25) is 5.02 Å². The second-order valence-corrected chi connectivity index (χ2v) is 4.67. The Kier molecular flexibility index (Phi) is 3.65. The molecule has 0 N–H and O–H groups in total. The monoisotopic (exact) mass is 285 g/mol. The van der Waals surface area contributed by atoms with Crippen LogP contribution in [-0.4, -0.2) is 15.0 Å². The van der Waals surface area contributed by atoms with Crippen LogP contribution in [0.3, 0.4) is 0 Å². The molecular weight excluding hydrogens is 274 g/mol. The molecule has 3 aromatic rings. The van der Waals surface area contributed by atoms with Crippen LogP contribution in [-0.2, 0) is 6.73 Å². The van der Waals surface area contributed by atoms with Crippen molar-refractivity contribution in [3.05, 3.63) is 65.8 Å². The second-order valence-electron chi connectivity index (χ2n) is 4.24. The summed E-state index contributed by atoms with van der Waals surface area (Å²) in [7, 11) is 0. The highest BCUT2D eigenvalue weighted by atomic mass is 35.5. The Bertz CT molecular complexity index is 680. The minimum Gasteiger partial charge on any atom is -0.471 e. The van der Waals surface area contributed by atoms with E-state index in [2.05, 4.69) is 10.3 Å². The van der Waals surface area contributed by atoms with E-state index >= 15 is 0 Å². The molecule has 20 heavy (non-hydrogen) atoms. The third kappa shape index (κ3) is 2.97. The first-order valence-electron chi connectivity index (χ1n) is 6.15. The fourth-order valence-electron chi connectivity index (χ4n) is 1.77. The van der Waals surface area contributed by atoms with Gasteiger partial charge in [0.1, 0.15) is 11.4 Å². The van der Waals surface area contributed by atoms with Crippen molar-refractivity contribution in [2.45, 2.75) is 6.73 Å². The van der Waals surface area contributed by atoms with Gasteiger partial charge in [0.05, 0.1) is 6.20 Å². The highest BCUT2D eigenvalue weighted by molar-refractivity contribution is 6.30. The Hall–Kier alpha value is -2.33. The molecule has 0 saturated heterocycles. The lowest BCUT2D eigenvalue weighted by Crippen LogP contribution is -2.05. The van der Waals surface area contributed by atoms with Crippen LogP contribution in [0.5, 0.6) is 5.75 Å². The average molecular weight is 286 g/mol. The molecule has 0 aliphatic rings. The summed E-state index contributed by atoms with van der Waals surface area (Å²) in [5.41, 5.74) is 1.86. The van der Waals surface area contributed by atoms with Crippen molar-refractivity contribution in [2.75, 3.05) is 0 Å². The maximum atomic E-state index is 5.82. The van der Waals surface area contributed by atoms with Crippen molar-refractivity contribution in [3.63, 3.8) is 0 Å². The molecule has 3 rings (SSSR count). The van der Waals surface area contributed by atoms with Gasteiger partial charge in [-0.05, 0) is 24.3 Å². The first-order chi connectivity index (χ1) is 9.81. The third-order valence-corrected chi connectivity index (χ3v) is 3.04. The molecule has 0 radical (unpaired) electrons. The van der Waals surface area contributed by atoms with Gasteiger partial charge in [-0.2, -0.15) is 0 Å². The summed E-state index contributed by atoms with van der Waals surface area (Å²) < 4.78 is 7.25. The second kappa shape index (κ2) is 5.75. The van der Waals surface area contributed by atoms with Gasteiger partial charge in [-0.1, -0.05) is 47.1 Å². The molecule has 100 valence electrons. The largest absolute Gasteiger partial charge is 0.471 e. The van der Waals surface area contributed by atoms with E-state index in [4.69, 9.17) is 16.3 Å². The highest BCUT2D eigenvalue weighted by Gasteiger charge is 2.03. The quantitative estimate of drug-likeness (QED) is 0.735. The SMILES string of the molecule is Clc1ccc(OCn2cc(-c3ccccc3)nn2)cc1. The number of halogens is 1. The predicted octanol–water partition coefficient (Wildman–Crippen LogP) is 3.64. The lowest BCUT2D eigenvalue weighted by Gasteiger charge is -2.04. The number of benzene rings is 2. The van der Waals surface area contributed by atoms with Crippen LogP contribution >= 0.6 is 11.6 Å². The van der Waals surface area contributed by atoms with E-state index < -0.39 is 0 Å². The normalized spacial score (nSPS) is 10.4. The topological polar surface area (TPSA) is 39.9 Å². The molecule has 0 saturated carbocycles. The molecule has 0 amide bonds. The van der Waals surface area contributed by atoms with E-state index in [1.165, 1.54) is 0 Å². The van der Waals surface area contributed by atoms with Crippen LogP contribution in [0.4, 0.5) is 0 Å². The summed E-state index contributed by atoms with van der Waals surface area (Å²) >= 11 is 5.82. The Labute approximate surface area is 121 Å². The number of hydrogen-bond acceptors (Lipinski definition) is 3. The minimum atomic E-state index is 0.307. The number of ether oxygens (including phenoxy) is 1. The molecule has 4 nitrogen and oxygen atoms in total. The van der Waals surface area contributed by atoms with E-state index in [1.807, 2.05) is 48.7 Å². The lowest BCUT2D eigenvalue weighted by molar-refractivity contribution is 0.218. The highest BCUT2D eigenvalue weighted by Crippen LogP contribution is 2.17. The van der Waals surface area contributed by atoms with Gasteiger partial charge >= 0.3 is 0 Å². The van der Waals surface area contributed by atoms with E-state index in [1.54, 1.807) is 16.8 Å². The summed E-state index contributed by atoms with van der Waals surface area (Å²) in [4.78, 5) is 0. The molecule has 1 heterocycles. The molecule has 0 unspecified atom stereocenters. The smallest absolute Gasteiger partial charge is 0.182 e. The van der Waals surface area contributed by atoms with Crippen molar-refractivity contribution in [1.29, 1.82) is 0 Å². The molecule has 2 aromatic carbocycles. The van der Waals surface area contributed by atoms with Gasteiger partial charge < -0.3 is 4.74 Å². The Morgan fingerprint density at radius 2 is 1.75 bits per heavy atom. The molecule has 5 heteroatoms. The standard InChI is InChI=1S/C15H12ClN3O/c16-13-6-8-14(9-7-13)20-11-19-10-15(17-18-19)12-4-2-1-3-5-12/h1-10H,11H2. The van der Waals surface area contributed by atoms with Crippen LogP contribution in [0.25, 0.3) is 11.3 Å². The van der Waals surface area contributed by atoms with E-state index in [0.717, 1.165) is 17.0 Å². The summed E-state index contributed by atoms with van der Waals surface area (Å²) in [6.45, 7) is 0.307. The first-order valence-corrected chi connectivity index (χ1v) is 6.53. The molecule has 0 fully saturated rings.